The van der Waals surface area contributed by atoms with Crippen LogP contribution in [0.25, 0.3) is 0 Å². The Balaban J connectivity index is 2.23. The van der Waals surface area contributed by atoms with Crippen LogP contribution < -0.4 is 11.1 Å². The molecular weight excluding hydrogens is 204 g/mol. The molecule has 1 heterocycles. The summed E-state index contributed by atoms with van der Waals surface area (Å²) in [5.41, 5.74) is 5.29. The number of carbonyl (C=O) groups excluding carboxylic acids is 1. The van der Waals surface area contributed by atoms with Crippen LogP contribution in [0.5, 0.6) is 0 Å². The zero-order valence-corrected chi connectivity index (χ0v) is 10.4. The summed E-state index contributed by atoms with van der Waals surface area (Å²) in [7, 11) is 0. The van der Waals surface area contributed by atoms with Crippen molar-refractivity contribution in [1.82, 2.24) is 5.32 Å². The van der Waals surface area contributed by atoms with Gasteiger partial charge in [0.1, 0.15) is 0 Å². The summed E-state index contributed by atoms with van der Waals surface area (Å²) in [5, 5.41) is 2.91. The summed E-state index contributed by atoms with van der Waals surface area (Å²) >= 11 is 0. The average molecular weight is 228 g/mol. The van der Waals surface area contributed by atoms with Crippen LogP contribution in [0.4, 0.5) is 0 Å². The van der Waals surface area contributed by atoms with Crippen molar-refractivity contribution in [3.8, 4) is 0 Å². The molecule has 0 bridgehead atoms. The molecule has 1 saturated heterocycles. The molecular formula is C12H24N2O2. The van der Waals surface area contributed by atoms with Crippen molar-refractivity contribution in [1.29, 1.82) is 0 Å². The first-order valence-corrected chi connectivity index (χ1v) is 6.31. The van der Waals surface area contributed by atoms with Gasteiger partial charge in [0.05, 0.1) is 11.6 Å². The number of ether oxygens (including phenoxy) is 1. The number of amides is 1. The van der Waals surface area contributed by atoms with Crippen LogP contribution >= 0.6 is 0 Å². The van der Waals surface area contributed by atoms with Crippen molar-refractivity contribution >= 4 is 5.91 Å². The predicted octanol–water partition coefficient (Wildman–Crippen LogP) is 1.19. The minimum absolute atomic E-state index is 0.0319. The maximum Gasteiger partial charge on any atom is 0.240 e. The van der Waals surface area contributed by atoms with E-state index in [2.05, 4.69) is 5.32 Å². The van der Waals surface area contributed by atoms with Gasteiger partial charge in [-0.2, -0.15) is 0 Å². The monoisotopic (exact) mass is 228 g/mol. The molecule has 1 unspecified atom stereocenters. The quantitative estimate of drug-likeness (QED) is 0.717. The lowest BCUT2D eigenvalue weighted by Crippen LogP contribution is -2.53. The molecule has 0 aliphatic carbocycles. The van der Waals surface area contributed by atoms with Crippen molar-refractivity contribution in [2.45, 2.75) is 57.6 Å². The number of carbonyl (C=O) groups is 1. The normalized spacial score (nSPS) is 21.1. The van der Waals surface area contributed by atoms with Gasteiger partial charge in [-0.1, -0.05) is 13.8 Å². The lowest BCUT2D eigenvalue weighted by Gasteiger charge is -2.25. The second-order valence-corrected chi connectivity index (χ2v) is 4.54. The van der Waals surface area contributed by atoms with Crippen molar-refractivity contribution in [2.24, 2.45) is 5.73 Å². The van der Waals surface area contributed by atoms with Gasteiger partial charge in [-0.05, 0) is 32.1 Å². The van der Waals surface area contributed by atoms with Gasteiger partial charge < -0.3 is 15.8 Å². The predicted molar refractivity (Wildman–Crippen MR) is 64.1 cm³/mol. The van der Waals surface area contributed by atoms with Crippen LogP contribution in [-0.2, 0) is 9.53 Å². The topological polar surface area (TPSA) is 64.4 Å². The molecule has 4 heteroatoms. The average Bonchev–Trinajstić information content (AvgIpc) is 2.80. The fraction of sp³-hybridized carbons (Fsp3) is 0.917. The largest absolute Gasteiger partial charge is 0.378 e. The van der Waals surface area contributed by atoms with E-state index in [9.17, 15) is 4.79 Å². The Kier molecular flexibility index (Phi) is 5.22. The summed E-state index contributed by atoms with van der Waals surface area (Å²) in [5.74, 6) is -0.0319. The molecule has 1 aliphatic heterocycles. The molecule has 1 rings (SSSR count). The van der Waals surface area contributed by atoms with Crippen LogP contribution in [0.15, 0.2) is 0 Å². The van der Waals surface area contributed by atoms with E-state index < -0.39 is 5.54 Å². The summed E-state index contributed by atoms with van der Waals surface area (Å²) in [4.78, 5) is 11.8. The van der Waals surface area contributed by atoms with Crippen molar-refractivity contribution in [3.63, 3.8) is 0 Å². The summed E-state index contributed by atoms with van der Waals surface area (Å²) in [6.07, 6.45) is 4.84. The Morgan fingerprint density at radius 1 is 1.50 bits per heavy atom. The maximum absolute atomic E-state index is 11.8. The highest BCUT2D eigenvalue weighted by molar-refractivity contribution is 5.85. The van der Waals surface area contributed by atoms with Crippen molar-refractivity contribution in [2.75, 3.05) is 13.2 Å². The third-order valence-corrected chi connectivity index (χ3v) is 3.49. The van der Waals surface area contributed by atoms with E-state index in [1.807, 2.05) is 13.8 Å². The second kappa shape index (κ2) is 6.21. The summed E-state index contributed by atoms with van der Waals surface area (Å²) in [6, 6.07) is 0. The fourth-order valence-corrected chi connectivity index (χ4v) is 1.97. The zero-order valence-electron chi connectivity index (χ0n) is 10.4. The summed E-state index contributed by atoms with van der Waals surface area (Å²) in [6.45, 7) is 5.43. The molecule has 0 radical (unpaired) electrons. The molecule has 0 aromatic rings. The van der Waals surface area contributed by atoms with E-state index in [0.29, 0.717) is 25.5 Å². The standard InChI is InChI=1S/C12H24N2O2/c1-3-12(13,4-2)11(15)14-8-7-10-6-5-9-16-10/h10H,3-9,13H2,1-2H3,(H,14,15). The van der Waals surface area contributed by atoms with Gasteiger partial charge in [0, 0.05) is 13.2 Å². The number of nitrogens with two attached hydrogens (primary N) is 1. The van der Waals surface area contributed by atoms with Gasteiger partial charge in [0.15, 0.2) is 0 Å². The molecule has 4 nitrogen and oxygen atoms in total. The van der Waals surface area contributed by atoms with E-state index in [4.69, 9.17) is 10.5 Å². The Morgan fingerprint density at radius 2 is 2.19 bits per heavy atom. The lowest BCUT2D eigenvalue weighted by atomic mass is 9.93. The smallest absolute Gasteiger partial charge is 0.240 e. The zero-order chi connectivity index (χ0) is 12.0. The molecule has 0 spiro atoms. The molecule has 1 amide bonds. The molecule has 0 aromatic carbocycles. The van der Waals surface area contributed by atoms with Gasteiger partial charge >= 0.3 is 0 Å². The third kappa shape index (κ3) is 3.46. The SMILES string of the molecule is CCC(N)(CC)C(=O)NCCC1CCCO1. The number of hydrogen-bond acceptors (Lipinski definition) is 3. The molecule has 0 aromatic heterocycles. The van der Waals surface area contributed by atoms with E-state index in [0.717, 1.165) is 25.9 Å². The summed E-state index contributed by atoms with van der Waals surface area (Å²) < 4.78 is 5.49. The van der Waals surface area contributed by atoms with Crippen LogP contribution in [0.1, 0.15) is 46.0 Å². The Labute approximate surface area is 97.9 Å². The molecule has 1 aliphatic rings. The number of hydrogen-bond donors (Lipinski definition) is 2. The second-order valence-electron chi connectivity index (χ2n) is 4.54. The van der Waals surface area contributed by atoms with E-state index in [-0.39, 0.29) is 5.91 Å². The van der Waals surface area contributed by atoms with Crippen LogP contribution in [0, 0.1) is 0 Å². The first-order chi connectivity index (χ1) is 7.62. The minimum Gasteiger partial charge on any atom is -0.378 e. The van der Waals surface area contributed by atoms with Crippen molar-refractivity contribution < 1.29 is 9.53 Å². The Morgan fingerprint density at radius 3 is 2.69 bits per heavy atom. The van der Waals surface area contributed by atoms with E-state index in [1.165, 1.54) is 0 Å². The molecule has 94 valence electrons. The first-order valence-electron chi connectivity index (χ1n) is 6.31. The van der Waals surface area contributed by atoms with Crippen LogP contribution in [0.2, 0.25) is 0 Å². The van der Waals surface area contributed by atoms with Gasteiger partial charge in [-0.25, -0.2) is 0 Å². The van der Waals surface area contributed by atoms with Crippen molar-refractivity contribution in [3.05, 3.63) is 0 Å². The Bertz CT molecular complexity index is 221. The van der Waals surface area contributed by atoms with Gasteiger partial charge in [0.25, 0.3) is 0 Å². The van der Waals surface area contributed by atoms with E-state index in [1.54, 1.807) is 0 Å². The molecule has 3 N–H and O–H groups in total. The van der Waals surface area contributed by atoms with E-state index >= 15 is 0 Å². The van der Waals surface area contributed by atoms with Crippen LogP contribution in [-0.4, -0.2) is 30.7 Å². The Hall–Kier alpha value is -0.610. The number of rotatable bonds is 6. The minimum atomic E-state index is -0.698. The maximum atomic E-state index is 11.8. The van der Waals surface area contributed by atoms with Crippen LogP contribution in [0.3, 0.4) is 0 Å². The molecule has 1 fully saturated rings. The fourth-order valence-electron chi connectivity index (χ4n) is 1.97. The van der Waals surface area contributed by atoms with Gasteiger partial charge in [-0.15, -0.1) is 0 Å². The highest BCUT2D eigenvalue weighted by atomic mass is 16.5. The molecule has 16 heavy (non-hydrogen) atoms. The highest BCUT2D eigenvalue weighted by Crippen LogP contribution is 2.15. The highest BCUT2D eigenvalue weighted by Gasteiger charge is 2.29. The first kappa shape index (κ1) is 13.5. The lowest BCUT2D eigenvalue weighted by molar-refractivity contribution is -0.126. The number of nitrogens with one attached hydrogen (secondary N) is 1. The molecule has 1 atom stereocenters. The van der Waals surface area contributed by atoms with Gasteiger partial charge in [-0.3, -0.25) is 4.79 Å². The molecule has 0 saturated carbocycles. The van der Waals surface area contributed by atoms with Gasteiger partial charge in [0.2, 0.25) is 5.91 Å². The third-order valence-electron chi connectivity index (χ3n) is 3.49.